The lowest BCUT2D eigenvalue weighted by Gasteiger charge is -2.18. The number of aliphatic hydroxyl groups is 1. The lowest BCUT2D eigenvalue weighted by molar-refractivity contribution is -0.123. The smallest absolute Gasteiger partial charge is 0.257 e. The van der Waals surface area contributed by atoms with Crippen LogP contribution in [0.3, 0.4) is 0 Å². The Labute approximate surface area is 130 Å². The molecule has 21 heavy (non-hydrogen) atoms. The highest BCUT2D eigenvalue weighted by atomic mass is 35.5. The molecule has 0 aromatic heterocycles. The molecule has 1 amide bonds. The fourth-order valence-corrected chi connectivity index (χ4v) is 3.06. The van der Waals surface area contributed by atoms with Gasteiger partial charge in [-0.3, -0.25) is 4.79 Å². The van der Waals surface area contributed by atoms with Crippen LogP contribution in [0, 0.1) is 18.8 Å². The van der Waals surface area contributed by atoms with Gasteiger partial charge in [0.25, 0.3) is 5.91 Å². The summed E-state index contributed by atoms with van der Waals surface area (Å²) in [5.74, 6) is 1.25. The quantitative estimate of drug-likeness (QED) is 0.849. The molecule has 2 N–H and O–H groups in total. The predicted molar refractivity (Wildman–Crippen MR) is 82.6 cm³/mol. The Bertz CT molecular complexity index is 492. The third-order valence-electron chi connectivity index (χ3n) is 4.11. The number of rotatable bonds is 6. The first-order chi connectivity index (χ1) is 10.1. The second kappa shape index (κ2) is 7.66. The summed E-state index contributed by atoms with van der Waals surface area (Å²) in [4.78, 5) is 11.8. The van der Waals surface area contributed by atoms with Crippen LogP contribution in [0.1, 0.15) is 24.8 Å². The van der Waals surface area contributed by atoms with E-state index in [9.17, 15) is 9.90 Å². The summed E-state index contributed by atoms with van der Waals surface area (Å²) < 4.78 is 5.50. The Morgan fingerprint density at radius 3 is 2.90 bits per heavy atom. The van der Waals surface area contributed by atoms with Gasteiger partial charge in [-0.2, -0.15) is 0 Å². The SMILES string of the molecule is Cc1cc(Cl)ccc1OCC(=O)NCC1CCCC1CO. The first-order valence-electron chi connectivity index (χ1n) is 7.36. The highest BCUT2D eigenvalue weighted by molar-refractivity contribution is 6.30. The zero-order chi connectivity index (χ0) is 15.2. The molecule has 1 saturated carbocycles. The van der Waals surface area contributed by atoms with Crippen molar-refractivity contribution in [3.05, 3.63) is 28.8 Å². The average Bonchev–Trinajstić information content (AvgIpc) is 2.91. The van der Waals surface area contributed by atoms with Gasteiger partial charge in [-0.1, -0.05) is 18.0 Å². The lowest BCUT2D eigenvalue weighted by atomic mass is 9.97. The third kappa shape index (κ3) is 4.61. The van der Waals surface area contributed by atoms with Crippen LogP contribution in [0.25, 0.3) is 0 Å². The van der Waals surface area contributed by atoms with Crippen LogP contribution in [0.4, 0.5) is 0 Å². The van der Waals surface area contributed by atoms with Crippen molar-refractivity contribution >= 4 is 17.5 Å². The number of carbonyl (C=O) groups excluding carboxylic acids is 1. The molecule has 4 nitrogen and oxygen atoms in total. The number of aliphatic hydroxyl groups excluding tert-OH is 1. The molecule has 5 heteroatoms. The molecule has 0 aliphatic heterocycles. The molecule has 0 radical (unpaired) electrons. The van der Waals surface area contributed by atoms with Gasteiger partial charge in [0, 0.05) is 18.2 Å². The molecule has 1 aromatic rings. The summed E-state index contributed by atoms with van der Waals surface area (Å²) in [5, 5.41) is 12.8. The van der Waals surface area contributed by atoms with E-state index in [4.69, 9.17) is 16.3 Å². The van der Waals surface area contributed by atoms with E-state index in [1.807, 2.05) is 6.92 Å². The fourth-order valence-electron chi connectivity index (χ4n) is 2.84. The Morgan fingerprint density at radius 2 is 2.19 bits per heavy atom. The molecule has 0 bridgehead atoms. The van der Waals surface area contributed by atoms with Crippen molar-refractivity contribution in [3.63, 3.8) is 0 Å². The van der Waals surface area contributed by atoms with Gasteiger partial charge in [-0.05, 0) is 55.4 Å². The summed E-state index contributed by atoms with van der Waals surface area (Å²) in [5.41, 5.74) is 0.909. The number of aryl methyl sites for hydroxylation is 1. The summed E-state index contributed by atoms with van der Waals surface area (Å²) in [6.07, 6.45) is 3.26. The van der Waals surface area contributed by atoms with Gasteiger partial charge < -0.3 is 15.2 Å². The van der Waals surface area contributed by atoms with Crippen molar-refractivity contribution in [1.82, 2.24) is 5.32 Å². The second-order valence-corrected chi connectivity index (χ2v) is 6.07. The molecule has 2 atom stereocenters. The monoisotopic (exact) mass is 311 g/mol. The fraction of sp³-hybridized carbons (Fsp3) is 0.562. The molecule has 1 fully saturated rings. The van der Waals surface area contributed by atoms with E-state index in [1.54, 1.807) is 18.2 Å². The van der Waals surface area contributed by atoms with Crippen LogP contribution in [0.2, 0.25) is 5.02 Å². The Kier molecular flexibility index (Phi) is 5.88. The average molecular weight is 312 g/mol. The number of halogens is 1. The van der Waals surface area contributed by atoms with Crippen LogP contribution >= 0.6 is 11.6 Å². The van der Waals surface area contributed by atoms with Gasteiger partial charge in [0.1, 0.15) is 5.75 Å². The maximum Gasteiger partial charge on any atom is 0.257 e. The van der Waals surface area contributed by atoms with Crippen LogP contribution in [0.15, 0.2) is 18.2 Å². The molecule has 1 aromatic carbocycles. The van der Waals surface area contributed by atoms with E-state index >= 15 is 0 Å². The van der Waals surface area contributed by atoms with Crippen LogP contribution in [-0.4, -0.2) is 30.8 Å². The lowest BCUT2D eigenvalue weighted by Crippen LogP contribution is -2.34. The third-order valence-corrected chi connectivity index (χ3v) is 4.34. The normalized spacial score (nSPS) is 21.3. The first-order valence-corrected chi connectivity index (χ1v) is 7.74. The van der Waals surface area contributed by atoms with Gasteiger partial charge in [-0.25, -0.2) is 0 Å². The molecule has 0 spiro atoms. The topological polar surface area (TPSA) is 58.6 Å². The summed E-state index contributed by atoms with van der Waals surface area (Å²) in [6.45, 7) is 2.72. The van der Waals surface area contributed by atoms with Crippen LogP contribution in [-0.2, 0) is 4.79 Å². The summed E-state index contributed by atoms with van der Waals surface area (Å²) >= 11 is 5.87. The van der Waals surface area contributed by atoms with E-state index < -0.39 is 0 Å². The van der Waals surface area contributed by atoms with Gasteiger partial charge in [0.15, 0.2) is 6.61 Å². The molecular formula is C16H22ClNO3. The number of amides is 1. The molecule has 1 aliphatic rings. The zero-order valence-corrected chi connectivity index (χ0v) is 13.0. The van der Waals surface area contributed by atoms with E-state index in [1.165, 1.54) is 0 Å². The van der Waals surface area contributed by atoms with Gasteiger partial charge in [0.05, 0.1) is 0 Å². The second-order valence-electron chi connectivity index (χ2n) is 5.64. The predicted octanol–water partition coefficient (Wildman–Crippen LogP) is 2.55. The zero-order valence-electron chi connectivity index (χ0n) is 12.3. The van der Waals surface area contributed by atoms with E-state index in [-0.39, 0.29) is 19.1 Å². The van der Waals surface area contributed by atoms with Crippen molar-refractivity contribution in [2.45, 2.75) is 26.2 Å². The summed E-state index contributed by atoms with van der Waals surface area (Å²) in [7, 11) is 0. The Balaban J connectivity index is 1.74. The van der Waals surface area contributed by atoms with Crippen molar-refractivity contribution in [1.29, 1.82) is 0 Å². The molecule has 0 heterocycles. The highest BCUT2D eigenvalue weighted by Crippen LogP contribution is 2.30. The van der Waals surface area contributed by atoms with Crippen molar-refractivity contribution < 1.29 is 14.6 Å². The van der Waals surface area contributed by atoms with Gasteiger partial charge in [-0.15, -0.1) is 0 Å². The Hall–Kier alpha value is -1.26. The van der Waals surface area contributed by atoms with E-state index in [0.29, 0.717) is 29.2 Å². The van der Waals surface area contributed by atoms with Crippen LogP contribution < -0.4 is 10.1 Å². The standard InChI is InChI=1S/C16H22ClNO3/c1-11-7-14(17)5-6-15(11)21-10-16(20)18-8-12-3-2-4-13(12)9-19/h5-7,12-13,19H,2-4,8-10H2,1H3,(H,18,20). The number of nitrogens with one attached hydrogen (secondary N) is 1. The number of carbonyl (C=O) groups is 1. The summed E-state index contributed by atoms with van der Waals surface area (Å²) in [6, 6.07) is 5.31. The molecule has 116 valence electrons. The molecule has 2 unspecified atom stereocenters. The van der Waals surface area contributed by atoms with Crippen molar-refractivity contribution in [2.75, 3.05) is 19.8 Å². The Morgan fingerprint density at radius 1 is 1.43 bits per heavy atom. The minimum atomic E-state index is -0.132. The minimum absolute atomic E-state index is 0.00101. The molecule has 0 saturated heterocycles. The first kappa shape index (κ1) is 16.1. The number of benzene rings is 1. The molecule has 1 aliphatic carbocycles. The van der Waals surface area contributed by atoms with Crippen molar-refractivity contribution in [3.8, 4) is 5.75 Å². The molecular weight excluding hydrogens is 290 g/mol. The maximum absolute atomic E-state index is 11.8. The number of ether oxygens (including phenoxy) is 1. The minimum Gasteiger partial charge on any atom is -0.484 e. The largest absolute Gasteiger partial charge is 0.484 e. The van der Waals surface area contributed by atoms with E-state index in [2.05, 4.69) is 5.32 Å². The van der Waals surface area contributed by atoms with Gasteiger partial charge >= 0.3 is 0 Å². The van der Waals surface area contributed by atoms with Crippen LogP contribution in [0.5, 0.6) is 5.75 Å². The van der Waals surface area contributed by atoms with E-state index in [0.717, 1.165) is 24.8 Å². The number of hydrogen-bond donors (Lipinski definition) is 2. The van der Waals surface area contributed by atoms with Gasteiger partial charge in [0.2, 0.25) is 0 Å². The number of hydrogen-bond acceptors (Lipinski definition) is 3. The molecule has 2 rings (SSSR count). The highest BCUT2D eigenvalue weighted by Gasteiger charge is 2.26. The maximum atomic E-state index is 11.8. The van der Waals surface area contributed by atoms with Crippen molar-refractivity contribution in [2.24, 2.45) is 11.8 Å².